The fourth-order valence-corrected chi connectivity index (χ4v) is 1.45. The predicted molar refractivity (Wildman–Crippen MR) is 71.9 cm³/mol. The van der Waals surface area contributed by atoms with Crippen molar-refractivity contribution in [1.29, 1.82) is 0 Å². The number of nitrogens with zero attached hydrogens (tertiary/aromatic N) is 2. The molecule has 1 rings (SSSR count). The van der Waals surface area contributed by atoms with Gasteiger partial charge in [0, 0.05) is 12.7 Å². The van der Waals surface area contributed by atoms with E-state index in [9.17, 15) is 4.79 Å². The summed E-state index contributed by atoms with van der Waals surface area (Å²) >= 11 is 0. The third-order valence-corrected chi connectivity index (χ3v) is 2.36. The number of ether oxygens (including phenoxy) is 1. The van der Waals surface area contributed by atoms with Gasteiger partial charge in [-0.05, 0) is 46.1 Å². The fraction of sp³-hybridized carbons (Fsp3) is 0.538. The zero-order valence-corrected chi connectivity index (χ0v) is 11.3. The zero-order valence-electron chi connectivity index (χ0n) is 11.3. The second kappa shape index (κ2) is 7.66. The van der Waals surface area contributed by atoms with Crippen LogP contribution >= 0.6 is 0 Å². The van der Waals surface area contributed by atoms with Crippen molar-refractivity contribution in [1.82, 2.24) is 9.88 Å². The van der Waals surface area contributed by atoms with E-state index in [0.29, 0.717) is 12.2 Å². The SMILES string of the molecule is CCOC(=O)c1ccc(NCCCN(C)C)nc1. The van der Waals surface area contributed by atoms with Gasteiger partial charge in [0.2, 0.25) is 0 Å². The monoisotopic (exact) mass is 251 g/mol. The Morgan fingerprint density at radius 3 is 2.78 bits per heavy atom. The average molecular weight is 251 g/mol. The van der Waals surface area contributed by atoms with E-state index in [1.807, 2.05) is 14.1 Å². The molecule has 0 aliphatic heterocycles. The third kappa shape index (κ3) is 5.14. The molecular formula is C13H21N3O2. The molecule has 5 nitrogen and oxygen atoms in total. The molecule has 0 unspecified atom stereocenters. The molecule has 100 valence electrons. The van der Waals surface area contributed by atoms with Crippen molar-refractivity contribution in [2.45, 2.75) is 13.3 Å². The lowest BCUT2D eigenvalue weighted by Gasteiger charge is -2.10. The smallest absolute Gasteiger partial charge is 0.339 e. The first-order valence-corrected chi connectivity index (χ1v) is 6.15. The van der Waals surface area contributed by atoms with Crippen molar-refractivity contribution in [3.8, 4) is 0 Å². The van der Waals surface area contributed by atoms with E-state index < -0.39 is 0 Å². The van der Waals surface area contributed by atoms with Crippen LogP contribution in [-0.2, 0) is 4.74 Å². The molecule has 18 heavy (non-hydrogen) atoms. The van der Waals surface area contributed by atoms with Crippen molar-refractivity contribution in [3.63, 3.8) is 0 Å². The maximum Gasteiger partial charge on any atom is 0.339 e. The maximum atomic E-state index is 11.4. The number of carbonyl (C=O) groups is 1. The molecule has 0 aliphatic rings. The lowest BCUT2D eigenvalue weighted by molar-refractivity contribution is 0.0526. The molecule has 1 aromatic rings. The van der Waals surface area contributed by atoms with Crippen LogP contribution < -0.4 is 5.32 Å². The van der Waals surface area contributed by atoms with Gasteiger partial charge in [0.15, 0.2) is 0 Å². The summed E-state index contributed by atoms with van der Waals surface area (Å²) in [6.07, 6.45) is 2.58. The Morgan fingerprint density at radius 1 is 1.44 bits per heavy atom. The Morgan fingerprint density at radius 2 is 2.22 bits per heavy atom. The minimum Gasteiger partial charge on any atom is -0.462 e. The Hall–Kier alpha value is -1.62. The van der Waals surface area contributed by atoms with Gasteiger partial charge in [-0.2, -0.15) is 0 Å². The van der Waals surface area contributed by atoms with E-state index in [2.05, 4.69) is 15.2 Å². The highest BCUT2D eigenvalue weighted by Crippen LogP contribution is 2.06. The van der Waals surface area contributed by atoms with Crippen LogP contribution in [0.15, 0.2) is 18.3 Å². The zero-order chi connectivity index (χ0) is 13.4. The normalized spacial score (nSPS) is 10.4. The molecule has 0 fully saturated rings. The highest BCUT2D eigenvalue weighted by molar-refractivity contribution is 5.89. The van der Waals surface area contributed by atoms with Crippen molar-refractivity contribution in [2.75, 3.05) is 39.1 Å². The van der Waals surface area contributed by atoms with Crippen molar-refractivity contribution in [2.24, 2.45) is 0 Å². The summed E-state index contributed by atoms with van der Waals surface area (Å²) in [5.74, 6) is 0.450. The number of aromatic nitrogens is 1. The minimum absolute atomic E-state index is 0.329. The van der Waals surface area contributed by atoms with Crippen molar-refractivity contribution >= 4 is 11.8 Å². The molecular weight excluding hydrogens is 230 g/mol. The highest BCUT2D eigenvalue weighted by Gasteiger charge is 2.06. The summed E-state index contributed by atoms with van der Waals surface area (Å²) in [6, 6.07) is 3.52. The molecule has 0 saturated heterocycles. The number of rotatable bonds is 7. The molecule has 0 aliphatic carbocycles. The number of anilines is 1. The van der Waals surface area contributed by atoms with Crippen LogP contribution in [0.4, 0.5) is 5.82 Å². The highest BCUT2D eigenvalue weighted by atomic mass is 16.5. The van der Waals surface area contributed by atoms with Crippen LogP contribution in [0.1, 0.15) is 23.7 Å². The largest absolute Gasteiger partial charge is 0.462 e. The number of pyridine rings is 1. The molecule has 0 bridgehead atoms. The Balaban J connectivity index is 2.38. The Bertz CT molecular complexity index is 363. The van der Waals surface area contributed by atoms with Gasteiger partial charge < -0.3 is 15.0 Å². The lowest BCUT2D eigenvalue weighted by atomic mass is 10.3. The van der Waals surface area contributed by atoms with Crippen LogP contribution in [0, 0.1) is 0 Å². The number of nitrogens with one attached hydrogen (secondary N) is 1. The van der Waals surface area contributed by atoms with Crippen LogP contribution in [-0.4, -0.2) is 49.6 Å². The van der Waals surface area contributed by atoms with E-state index in [0.717, 1.165) is 25.3 Å². The minimum atomic E-state index is -0.329. The Kier molecular flexibility index (Phi) is 6.14. The first-order chi connectivity index (χ1) is 8.63. The first-order valence-electron chi connectivity index (χ1n) is 6.15. The van der Waals surface area contributed by atoms with E-state index in [-0.39, 0.29) is 5.97 Å². The molecule has 5 heteroatoms. The van der Waals surface area contributed by atoms with Gasteiger partial charge in [-0.3, -0.25) is 0 Å². The number of carbonyl (C=O) groups excluding carboxylic acids is 1. The first kappa shape index (κ1) is 14.4. The average Bonchev–Trinajstić information content (AvgIpc) is 2.35. The summed E-state index contributed by atoms with van der Waals surface area (Å²) in [4.78, 5) is 17.7. The molecule has 0 spiro atoms. The molecule has 0 atom stereocenters. The number of hydrogen-bond acceptors (Lipinski definition) is 5. The van der Waals surface area contributed by atoms with Gasteiger partial charge >= 0.3 is 5.97 Å². The van der Waals surface area contributed by atoms with Gasteiger partial charge in [0.25, 0.3) is 0 Å². The predicted octanol–water partition coefficient (Wildman–Crippen LogP) is 1.62. The molecule has 1 heterocycles. The van der Waals surface area contributed by atoms with E-state index in [1.165, 1.54) is 6.20 Å². The summed E-state index contributed by atoms with van der Waals surface area (Å²) < 4.78 is 4.89. The fourth-order valence-electron chi connectivity index (χ4n) is 1.45. The van der Waals surface area contributed by atoms with Gasteiger partial charge in [-0.15, -0.1) is 0 Å². The van der Waals surface area contributed by atoms with Crippen LogP contribution in [0.5, 0.6) is 0 Å². The van der Waals surface area contributed by atoms with Gasteiger partial charge in [-0.25, -0.2) is 9.78 Å². The number of esters is 1. The van der Waals surface area contributed by atoms with E-state index in [1.54, 1.807) is 19.1 Å². The summed E-state index contributed by atoms with van der Waals surface area (Å²) in [7, 11) is 4.10. The van der Waals surface area contributed by atoms with Gasteiger partial charge in [0.1, 0.15) is 5.82 Å². The second-order valence-electron chi connectivity index (χ2n) is 4.24. The molecule has 0 aromatic carbocycles. The van der Waals surface area contributed by atoms with E-state index in [4.69, 9.17) is 4.74 Å². The van der Waals surface area contributed by atoms with Crippen LogP contribution in [0.3, 0.4) is 0 Å². The van der Waals surface area contributed by atoms with Crippen LogP contribution in [0.25, 0.3) is 0 Å². The van der Waals surface area contributed by atoms with Crippen LogP contribution in [0.2, 0.25) is 0 Å². The standard InChI is InChI=1S/C13H21N3O2/c1-4-18-13(17)11-6-7-12(15-10-11)14-8-5-9-16(2)3/h6-7,10H,4-5,8-9H2,1-3H3,(H,14,15). The topological polar surface area (TPSA) is 54.5 Å². The summed E-state index contributed by atoms with van der Waals surface area (Å²) in [5, 5.41) is 3.21. The number of hydrogen-bond donors (Lipinski definition) is 1. The Labute approximate surface area is 108 Å². The maximum absolute atomic E-state index is 11.4. The molecule has 1 aromatic heterocycles. The lowest BCUT2D eigenvalue weighted by Crippen LogP contribution is -2.16. The second-order valence-corrected chi connectivity index (χ2v) is 4.24. The van der Waals surface area contributed by atoms with Gasteiger partial charge in [-0.1, -0.05) is 0 Å². The van der Waals surface area contributed by atoms with Crippen molar-refractivity contribution < 1.29 is 9.53 Å². The van der Waals surface area contributed by atoms with E-state index >= 15 is 0 Å². The summed E-state index contributed by atoms with van der Waals surface area (Å²) in [6.45, 7) is 4.06. The molecule has 1 N–H and O–H groups in total. The molecule has 0 radical (unpaired) electrons. The van der Waals surface area contributed by atoms with Gasteiger partial charge in [0.05, 0.1) is 12.2 Å². The quantitative estimate of drug-likeness (QED) is 0.589. The summed E-state index contributed by atoms with van der Waals surface area (Å²) in [5.41, 5.74) is 0.482. The molecule has 0 saturated carbocycles. The molecule has 0 amide bonds. The third-order valence-electron chi connectivity index (χ3n) is 2.36. The van der Waals surface area contributed by atoms with Crippen molar-refractivity contribution in [3.05, 3.63) is 23.9 Å².